The fourth-order valence-corrected chi connectivity index (χ4v) is 4.82. The van der Waals surface area contributed by atoms with Crippen molar-refractivity contribution >= 4 is 52.2 Å². The number of hydrogen-bond acceptors (Lipinski definition) is 6. The molecule has 3 amide bonds. The molecule has 1 N–H and O–H groups in total. The van der Waals surface area contributed by atoms with Crippen LogP contribution in [0.15, 0.2) is 84.3 Å². The van der Waals surface area contributed by atoms with Gasteiger partial charge in [-0.3, -0.25) is 19.3 Å². The Morgan fingerprint density at radius 3 is 2.55 bits per heavy atom. The highest BCUT2D eigenvalue weighted by molar-refractivity contribution is 8.18. The van der Waals surface area contributed by atoms with Gasteiger partial charge in [-0.05, 0) is 59.7 Å². The number of imide groups is 1. The number of hydrogen-bond donors (Lipinski definition) is 1. The molecule has 0 atom stereocenters. The summed E-state index contributed by atoms with van der Waals surface area (Å²) in [5.41, 5.74) is 2.88. The highest BCUT2D eigenvalue weighted by Crippen LogP contribution is 2.37. The molecule has 1 fully saturated rings. The van der Waals surface area contributed by atoms with Crippen LogP contribution in [0.3, 0.4) is 0 Å². The number of thioether (sulfide) groups is 1. The number of carbonyl (C=O) groups is 3. The maximum Gasteiger partial charge on any atom is 0.294 e. The summed E-state index contributed by atoms with van der Waals surface area (Å²) in [7, 11) is 1.54. The van der Waals surface area contributed by atoms with Gasteiger partial charge < -0.3 is 14.8 Å². The second kappa shape index (κ2) is 12.5. The predicted octanol–water partition coefficient (Wildman–Crippen LogP) is 6.33. The summed E-state index contributed by atoms with van der Waals surface area (Å²) in [5, 5.41) is 2.45. The third kappa shape index (κ3) is 6.45. The number of ether oxygens (including phenoxy) is 2. The molecule has 0 aromatic heterocycles. The van der Waals surface area contributed by atoms with E-state index in [1.807, 2.05) is 36.4 Å². The van der Waals surface area contributed by atoms with Crippen LogP contribution in [-0.2, 0) is 22.6 Å². The van der Waals surface area contributed by atoms with Crippen LogP contribution < -0.4 is 14.8 Å². The van der Waals surface area contributed by atoms with Crippen LogP contribution in [0, 0.1) is 0 Å². The standard InChI is InChI=1S/C29H25ClN2O5S/c1-3-9-21-14-20(15-24(36-2)27(21)37-18-19-10-5-4-6-11-19)16-25-28(34)32(29(35)38-25)17-26(33)31-23-13-8-7-12-22(23)30/h3-8,10-16H,1,9,17-18H2,2H3,(H,31,33)/b25-16+. The molecule has 0 bridgehead atoms. The third-order valence-corrected chi connectivity index (χ3v) is 6.82. The molecule has 4 rings (SSSR count). The molecule has 0 radical (unpaired) electrons. The summed E-state index contributed by atoms with van der Waals surface area (Å²) in [4.78, 5) is 39.2. The van der Waals surface area contributed by atoms with Crippen LogP contribution in [0.25, 0.3) is 6.08 Å². The Balaban J connectivity index is 1.53. The number of amides is 3. The molecule has 3 aromatic rings. The number of allylic oxidation sites excluding steroid dienone is 1. The Morgan fingerprint density at radius 2 is 1.84 bits per heavy atom. The highest BCUT2D eigenvalue weighted by atomic mass is 35.5. The first-order valence-corrected chi connectivity index (χ1v) is 12.9. The fourth-order valence-electron chi connectivity index (χ4n) is 3.80. The minimum Gasteiger partial charge on any atom is -0.493 e. The number of methoxy groups -OCH3 is 1. The molecule has 38 heavy (non-hydrogen) atoms. The molecular weight excluding hydrogens is 524 g/mol. The number of rotatable bonds is 10. The molecule has 0 spiro atoms. The van der Waals surface area contributed by atoms with Gasteiger partial charge in [-0.15, -0.1) is 6.58 Å². The maximum absolute atomic E-state index is 13.0. The molecule has 1 heterocycles. The van der Waals surface area contributed by atoms with E-state index in [2.05, 4.69) is 11.9 Å². The Morgan fingerprint density at radius 1 is 1.11 bits per heavy atom. The number of halogens is 1. The molecule has 1 saturated heterocycles. The van der Waals surface area contributed by atoms with Gasteiger partial charge in [0.25, 0.3) is 11.1 Å². The van der Waals surface area contributed by atoms with Crippen LogP contribution in [0.5, 0.6) is 11.5 Å². The van der Waals surface area contributed by atoms with Crippen molar-refractivity contribution in [2.45, 2.75) is 13.0 Å². The van der Waals surface area contributed by atoms with E-state index in [0.29, 0.717) is 40.8 Å². The van der Waals surface area contributed by atoms with Crippen molar-refractivity contribution in [1.82, 2.24) is 4.90 Å². The molecule has 0 unspecified atom stereocenters. The average molecular weight is 549 g/mol. The molecule has 0 aliphatic carbocycles. The lowest BCUT2D eigenvalue weighted by atomic mass is 10.0. The first-order chi connectivity index (χ1) is 18.4. The normalized spacial score (nSPS) is 14.1. The molecule has 1 aliphatic heterocycles. The topological polar surface area (TPSA) is 84.9 Å². The summed E-state index contributed by atoms with van der Waals surface area (Å²) in [6.45, 7) is 3.76. The van der Waals surface area contributed by atoms with Crippen molar-refractivity contribution in [2.24, 2.45) is 0 Å². The lowest BCUT2D eigenvalue weighted by Gasteiger charge is -2.16. The minimum atomic E-state index is -0.553. The lowest BCUT2D eigenvalue weighted by Crippen LogP contribution is -2.36. The van der Waals surface area contributed by atoms with Crippen molar-refractivity contribution in [3.63, 3.8) is 0 Å². The number of anilines is 1. The van der Waals surface area contributed by atoms with Crippen molar-refractivity contribution in [3.05, 3.63) is 106 Å². The Kier molecular flexibility index (Phi) is 8.89. The Hall–Kier alpha value is -4.01. The number of nitrogens with one attached hydrogen (secondary N) is 1. The van der Waals surface area contributed by atoms with Crippen molar-refractivity contribution < 1.29 is 23.9 Å². The van der Waals surface area contributed by atoms with Crippen LogP contribution in [0.2, 0.25) is 5.02 Å². The second-order valence-electron chi connectivity index (χ2n) is 8.27. The van der Waals surface area contributed by atoms with E-state index in [1.165, 1.54) is 7.11 Å². The molecule has 1 aliphatic rings. The van der Waals surface area contributed by atoms with Gasteiger partial charge in [0.2, 0.25) is 5.91 Å². The van der Waals surface area contributed by atoms with Crippen molar-refractivity contribution in [3.8, 4) is 11.5 Å². The third-order valence-electron chi connectivity index (χ3n) is 5.59. The van der Waals surface area contributed by atoms with Crippen molar-refractivity contribution in [2.75, 3.05) is 19.0 Å². The van der Waals surface area contributed by atoms with E-state index in [9.17, 15) is 14.4 Å². The molecule has 7 nitrogen and oxygen atoms in total. The van der Waals surface area contributed by atoms with Crippen molar-refractivity contribution in [1.29, 1.82) is 0 Å². The van der Waals surface area contributed by atoms with Crippen LogP contribution in [0.1, 0.15) is 16.7 Å². The van der Waals surface area contributed by atoms with E-state index in [0.717, 1.165) is 27.8 Å². The molecule has 194 valence electrons. The predicted molar refractivity (Wildman–Crippen MR) is 150 cm³/mol. The smallest absolute Gasteiger partial charge is 0.294 e. The number of carbonyl (C=O) groups excluding carboxylic acids is 3. The molecule has 9 heteroatoms. The number of nitrogens with zero attached hydrogens (tertiary/aromatic N) is 1. The van der Waals surface area contributed by atoms with Crippen LogP contribution >= 0.6 is 23.4 Å². The molecule has 3 aromatic carbocycles. The molecule has 0 saturated carbocycles. The quantitative estimate of drug-likeness (QED) is 0.235. The van der Waals surface area contributed by atoms with Gasteiger partial charge in [0.15, 0.2) is 11.5 Å². The minimum absolute atomic E-state index is 0.199. The summed E-state index contributed by atoms with van der Waals surface area (Å²) in [5.74, 6) is -0.0120. The Labute approximate surface area is 230 Å². The maximum atomic E-state index is 13.0. The van der Waals surface area contributed by atoms with Crippen LogP contribution in [-0.4, -0.2) is 35.6 Å². The summed E-state index contributed by atoms with van der Waals surface area (Å²) >= 11 is 6.85. The van der Waals surface area contributed by atoms with E-state index in [1.54, 1.807) is 42.5 Å². The first-order valence-electron chi connectivity index (χ1n) is 11.7. The summed E-state index contributed by atoms with van der Waals surface area (Å²) < 4.78 is 11.7. The Bertz CT molecular complexity index is 1410. The number of benzene rings is 3. The van der Waals surface area contributed by atoms with E-state index in [-0.39, 0.29) is 4.91 Å². The highest BCUT2D eigenvalue weighted by Gasteiger charge is 2.36. The van der Waals surface area contributed by atoms with E-state index >= 15 is 0 Å². The van der Waals surface area contributed by atoms with Gasteiger partial charge >= 0.3 is 0 Å². The van der Waals surface area contributed by atoms with E-state index < -0.39 is 23.6 Å². The fraction of sp³-hybridized carbons (Fsp3) is 0.138. The van der Waals surface area contributed by atoms with Crippen LogP contribution in [0.4, 0.5) is 10.5 Å². The van der Waals surface area contributed by atoms with E-state index in [4.69, 9.17) is 21.1 Å². The largest absolute Gasteiger partial charge is 0.493 e. The lowest BCUT2D eigenvalue weighted by molar-refractivity contribution is -0.127. The second-order valence-corrected chi connectivity index (χ2v) is 9.67. The zero-order chi connectivity index (χ0) is 27.1. The van der Waals surface area contributed by atoms with Gasteiger partial charge in [0.1, 0.15) is 13.2 Å². The SMILES string of the molecule is C=CCc1cc(/C=C2/SC(=O)N(CC(=O)Nc3ccccc3Cl)C2=O)cc(OC)c1OCc1ccccc1. The monoisotopic (exact) mass is 548 g/mol. The average Bonchev–Trinajstić information content (AvgIpc) is 3.17. The zero-order valence-electron chi connectivity index (χ0n) is 20.6. The summed E-state index contributed by atoms with van der Waals surface area (Å²) in [6, 6.07) is 20.1. The van der Waals surface area contributed by atoms with Gasteiger partial charge in [0, 0.05) is 5.56 Å². The van der Waals surface area contributed by atoms with Gasteiger partial charge in [-0.2, -0.15) is 0 Å². The summed E-state index contributed by atoms with van der Waals surface area (Å²) in [6.07, 6.45) is 3.86. The first kappa shape index (κ1) is 27.0. The van der Waals surface area contributed by atoms with Gasteiger partial charge in [-0.25, -0.2) is 0 Å². The molecular formula is C29H25ClN2O5S. The zero-order valence-corrected chi connectivity index (χ0v) is 22.2. The number of para-hydroxylation sites is 1. The van der Waals surface area contributed by atoms with Gasteiger partial charge in [0.05, 0.1) is 22.7 Å². The van der Waals surface area contributed by atoms with Gasteiger partial charge in [-0.1, -0.05) is 60.1 Å².